The third kappa shape index (κ3) is 13.6. The molecule has 1 aliphatic heterocycles. The fraction of sp³-hybridized carbons (Fsp3) is 0.960. The quantitative estimate of drug-likeness (QED) is 0.171. The van der Waals surface area contributed by atoms with E-state index >= 15 is 0 Å². The molecule has 8 nitrogen and oxygen atoms in total. The Morgan fingerprint density at radius 2 is 1.48 bits per heavy atom. The Labute approximate surface area is 199 Å². The van der Waals surface area contributed by atoms with E-state index in [1.54, 1.807) is 0 Å². The predicted molar refractivity (Wildman–Crippen MR) is 126 cm³/mol. The Kier molecular flexibility index (Phi) is 18.9. The van der Waals surface area contributed by atoms with Gasteiger partial charge in [-0.15, -0.1) is 0 Å². The van der Waals surface area contributed by atoms with Crippen LogP contribution in [0.4, 0.5) is 0 Å². The lowest BCUT2D eigenvalue weighted by molar-refractivity contribution is -0.210. The molecule has 0 aromatic rings. The summed E-state index contributed by atoms with van der Waals surface area (Å²) in [7, 11) is 0. The van der Waals surface area contributed by atoms with Gasteiger partial charge in [0.1, 0.15) is 12.7 Å². The van der Waals surface area contributed by atoms with Crippen molar-refractivity contribution in [3.63, 3.8) is 0 Å². The van der Waals surface area contributed by atoms with Crippen LogP contribution in [0.15, 0.2) is 0 Å². The molecule has 0 aliphatic carbocycles. The van der Waals surface area contributed by atoms with Gasteiger partial charge in [-0.2, -0.15) is 0 Å². The van der Waals surface area contributed by atoms with Crippen molar-refractivity contribution < 1.29 is 39.1 Å². The summed E-state index contributed by atoms with van der Waals surface area (Å²) in [6.07, 6.45) is 11.2. The molecule has 0 amide bonds. The van der Waals surface area contributed by atoms with Crippen LogP contribution < -0.4 is 0 Å². The monoisotopic (exact) mass is 476 g/mol. The van der Waals surface area contributed by atoms with Gasteiger partial charge in [-0.05, 0) is 19.3 Å². The standard InChI is InChI=1S/C25H48O8/c1-2-3-4-5-6-7-8-9-10-13-24(29)33-20-23-25(31-18-16-28)21(12-11-14-26)22(19-32-23)30-17-15-27/h21-23,25-28H,2-20H2,1H3. The molecule has 0 saturated carbocycles. The van der Waals surface area contributed by atoms with Gasteiger partial charge < -0.3 is 34.3 Å². The van der Waals surface area contributed by atoms with Gasteiger partial charge >= 0.3 is 5.97 Å². The van der Waals surface area contributed by atoms with Gasteiger partial charge in [0.15, 0.2) is 0 Å². The predicted octanol–water partition coefficient (Wildman–Crippen LogP) is 2.99. The number of unbranched alkanes of at least 4 members (excludes halogenated alkanes) is 8. The molecule has 196 valence electrons. The summed E-state index contributed by atoms with van der Waals surface area (Å²) in [5.74, 6) is -0.321. The average molecular weight is 477 g/mol. The Balaban J connectivity index is 2.41. The minimum atomic E-state index is -0.457. The molecule has 1 fully saturated rings. The van der Waals surface area contributed by atoms with Crippen molar-refractivity contribution in [2.24, 2.45) is 5.92 Å². The fourth-order valence-electron chi connectivity index (χ4n) is 4.37. The number of rotatable bonds is 21. The zero-order chi connectivity index (χ0) is 24.2. The van der Waals surface area contributed by atoms with Crippen LogP contribution in [0.2, 0.25) is 0 Å². The van der Waals surface area contributed by atoms with Crippen molar-refractivity contribution >= 4 is 5.97 Å². The van der Waals surface area contributed by atoms with Gasteiger partial charge in [0.2, 0.25) is 0 Å². The summed E-state index contributed by atoms with van der Waals surface area (Å²) < 4.78 is 23.0. The van der Waals surface area contributed by atoms with Gasteiger partial charge in [-0.25, -0.2) is 0 Å². The van der Waals surface area contributed by atoms with E-state index in [2.05, 4.69) is 6.92 Å². The first kappa shape index (κ1) is 30.3. The lowest BCUT2D eigenvalue weighted by Crippen LogP contribution is -2.53. The third-order valence-electron chi connectivity index (χ3n) is 6.15. The van der Waals surface area contributed by atoms with Gasteiger partial charge in [0.25, 0.3) is 0 Å². The molecule has 0 aromatic heterocycles. The SMILES string of the molecule is CCCCCCCCCCCC(=O)OCC1OCC(OCCO)C(CCCO)C1OCCO. The molecule has 8 heteroatoms. The number of carbonyl (C=O) groups is 1. The zero-order valence-corrected chi connectivity index (χ0v) is 20.6. The molecule has 1 saturated heterocycles. The Morgan fingerprint density at radius 3 is 2.12 bits per heavy atom. The van der Waals surface area contributed by atoms with E-state index in [-0.39, 0.29) is 57.6 Å². The van der Waals surface area contributed by atoms with Crippen molar-refractivity contribution in [3.8, 4) is 0 Å². The first-order valence-electron chi connectivity index (χ1n) is 13.0. The highest BCUT2D eigenvalue weighted by atomic mass is 16.6. The first-order chi connectivity index (χ1) is 16.2. The summed E-state index contributed by atoms with van der Waals surface area (Å²) in [6.45, 7) is 2.77. The molecule has 1 heterocycles. The Morgan fingerprint density at radius 1 is 0.848 bits per heavy atom. The smallest absolute Gasteiger partial charge is 0.305 e. The Bertz CT molecular complexity index is 462. The van der Waals surface area contributed by atoms with Gasteiger partial charge in [-0.3, -0.25) is 4.79 Å². The van der Waals surface area contributed by atoms with Crippen LogP contribution in [-0.2, 0) is 23.7 Å². The molecule has 1 aliphatic rings. The third-order valence-corrected chi connectivity index (χ3v) is 6.15. The summed E-state index contributed by atoms with van der Waals surface area (Å²) in [6, 6.07) is 0. The van der Waals surface area contributed by atoms with Crippen LogP contribution >= 0.6 is 0 Å². The number of hydrogen-bond acceptors (Lipinski definition) is 8. The van der Waals surface area contributed by atoms with Gasteiger partial charge in [0.05, 0.1) is 45.2 Å². The lowest BCUT2D eigenvalue weighted by Gasteiger charge is -2.42. The topological polar surface area (TPSA) is 115 Å². The van der Waals surface area contributed by atoms with Crippen LogP contribution in [0.1, 0.15) is 84.0 Å². The van der Waals surface area contributed by atoms with Crippen LogP contribution in [-0.4, -0.2) is 85.8 Å². The van der Waals surface area contributed by atoms with E-state index < -0.39 is 12.2 Å². The Hall–Kier alpha value is -0.770. The second-order valence-corrected chi connectivity index (χ2v) is 8.85. The van der Waals surface area contributed by atoms with E-state index in [4.69, 9.17) is 24.1 Å². The van der Waals surface area contributed by atoms with Crippen molar-refractivity contribution in [2.75, 3.05) is 46.2 Å². The lowest BCUT2D eigenvalue weighted by atomic mass is 9.86. The minimum absolute atomic E-state index is 0.0508. The average Bonchev–Trinajstić information content (AvgIpc) is 2.83. The highest BCUT2D eigenvalue weighted by Crippen LogP contribution is 2.30. The summed E-state index contributed by atoms with van der Waals surface area (Å²) in [5.41, 5.74) is 0. The fourth-order valence-corrected chi connectivity index (χ4v) is 4.37. The van der Waals surface area contributed by atoms with Gasteiger partial charge in [-0.1, -0.05) is 58.3 Å². The molecule has 4 atom stereocenters. The molecular formula is C25H48O8. The molecule has 0 spiro atoms. The van der Waals surface area contributed by atoms with Crippen LogP contribution in [0, 0.1) is 5.92 Å². The number of aliphatic hydroxyl groups is 3. The largest absolute Gasteiger partial charge is 0.463 e. The highest BCUT2D eigenvalue weighted by Gasteiger charge is 2.42. The van der Waals surface area contributed by atoms with Crippen molar-refractivity contribution in [1.29, 1.82) is 0 Å². The van der Waals surface area contributed by atoms with Gasteiger partial charge in [0, 0.05) is 18.9 Å². The maximum absolute atomic E-state index is 12.2. The molecular weight excluding hydrogens is 428 g/mol. The van der Waals surface area contributed by atoms with Crippen molar-refractivity contribution in [2.45, 2.75) is 102 Å². The summed E-state index contributed by atoms with van der Waals surface area (Å²) in [4.78, 5) is 12.2. The van der Waals surface area contributed by atoms with E-state index in [0.717, 1.165) is 19.3 Å². The second kappa shape index (κ2) is 20.6. The molecule has 1 rings (SSSR count). The van der Waals surface area contributed by atoms with E-state index in [0.29, 0.717) is 25.9 Å². The van der Waals surface area contributed by atoms with Crippen LogP contribution in [0.3, 0.4) is 0 Å². The molecule has 33 heavy (non-hydrogen) atoms. The van der Waals surface area contributed by atoms with E-state index in [1.807, 2.05) is 0 Å². The van der Waals surface area contributed by atoms with Crippen molar-refractivity contribution in [1.82, 2.24) is 0 Å². The molecule has 4 unspecified atom stereocenters. The second-order valence-electron chi connectivity index (χ2n) is 8.85. The molecule has 3 N–H and O–H groups in total. The number of esters is 1. The summed E-state index contributed by atoms with van der Waals surface area (Å²) >= 11 is 0. The zero-order valence-electron chi connectivity index (χ0n) is 20.6. The van der Waals surface area contributed by atoms with E-state index in [9.17, 15) is 15.0 Å². The minimum Gasteiger partial charge on any atom is -0.463 e. The van der Waals surface area contributed by atoms with Crippen molar-refractivity contribution in [3.05, 3.63) is 0 Å². The molecule has 0 aromatic carbocycles. The number of aliphatic hydroxyl groups excluding tert-OH is 3. The normalized spacial score (nSPS) is 23.0. The maximum Gasteiger partial charge on any atom is 0.305 e. The van der Waals surface area contributed by atoms with Crippen LogP contribution in [0.5, 0.6) is 0 Å². The summed E-state index contributed by atoms with van der Waals surface area (Å²) in [5, 5.41) is 27.6. The maximum atomic E-state index is 12.2. The van der Waals surface area contributed by atoms with E-state index in [1.165, 1.54) is 38.5 Å². The number of ether oxygens (including phenoxy) is 4. The molecule has 0 bridgehead atoms. The first-order valence-corrected chi connectivity index (χ1v) is 13.0. The molecule has 0 radical (unpaired) electrons. The highest BCUT2D eigenvalue weighted by molar-refractivity contribution is 5.69. The number of hydrogen-bond donors (Lipinski definition) is 3. The van der Waals surface area contributed by atoms with Crippen LogP contribution in [0.25, 0.3) is 0 Å². The number of carbonyl (C=O) groups excluding carboxylic acids is 1.